The Hall–Kier alpha value is -3.92. The molecule has 1 atom stereocenters. The molecule has 0 bridgehead atoms. The molecule has 0 radical (unpaired) electrons. The van der Waals surface area contributed by atoms with Crippen molar-refractivity contribution in [3.05, 3.63) is 89.7 Å². The Morgan fingerprint density at radius 2 is 1.58 bits per heavy atom. The molecule has 0 spiro atoms. The summed E-state index contributed by atoms with van der Waals surface area (Å²) in [6.07, 6.45) is 0.316. The molecule has 0 aromatic heterocycles. The topological polar surface area (TPSA) is 96.0 Å². The number of aryl methyl sites for hydroxylation is 1. The lowest BCUT2D eigenvalue weighted by Gasteiger charge is -2.33. The summed E-state index contributed by atoms with van der Waals surface area (Å²) in [7, 11) is -1.22. The van der Waals surface area contributed by atoms with E-state index in [9.17, 15) is 22.4 Å². The number of sulfonamides is 1. The third-order valence-electron chi connectivity index (χ3n) is 6.15. The second kappa shape index (κ2) is 12.6. The van der Waals surface area contributed by atoms with Gasteiger partial charge in [0.1, 0.15) is 24.2 Å². The van der Waals surface area contributed by atoms with Gasteiger partial charge >= 0.3 is 0 Å². The maximum Gasteiger partial charge on any atom is 0.264 e. The van der Waals surface area contributed by atoms with E-state index >= 15 is 0 Å². The van der Waals surface area contributed by atoms with E-state index < -0.39 is 34.3 Å². The van der Waals surface area contributed by atoms with Gasteiger partial charge in [0.2, 0.25) is 11.8 Å². The first-order valence-corrected chi connectivity index (χ1v) is 13.5. The molecule has 0 fully saturated rings. The maximum atomic E-state index is 13.8. The second-order valence-corrected chi connectivity index (χ2v) is 10.6. The largest absolute Gasteiger partial charge is 0.497 e. The van der Waals surface area contributed by atoms with Gasteiger partial charge in [-0.15, -0.1) is 0 Å². The first kappa shape index (κ1) is 28.6. The van der Waals surface area contributed by atoms with E-state index in [1.807, 2.05) is 6.92 Å². The predicted octanol–water partition coefficient (Wildman–Crippen LogP) is 3.89. The van der Waals surface area contributed by atoms with Gasteiger partial charge < -0.3 is 15.0 Å². The Labute approximate surface area is 223 Å². The molecule has 10 heteroatoms. The van der Waals surface area contributed by atoms with E-state index in [1.165, 1.54) is 11.9 Å². The summed E-state index contributed by atoms with van der Waals surface area (Å²) in [4.78, 5) is 27.8. The van der Waals surface area contributed by atoms with E-state index in [-0.39, 0.29) is 23.0 Å². The third-order valence-corrected chi connectivity index (χ3v) is 7.93. The minimum atomic E-state index is -4.25. The van der Waals surface area contributed by atoms with Gasteiger partial charge in [0, 0.05) is 13.6 Å². The van der Waals surface area contributed by atoms with Crippen LogP contribution < -0.4 is 14.4 Å². The number of nitrogens with zero attached hydrogens (tertiary/aromatic N) is 2. The molecule has 0 aliphatic carbocycles. The van der Waals surface area contributed by atoms with Crippen molar-refractivity contribution >= 4 is 27.5 Å². The molecule has 3 aromatic carbocycles. The number of benzene rings is 3. The Morgan fingerprint density at radius 1 is 0.974 bits per heavy atom. The Kier molecular flexibility index (Phi) is 9.46. The smallest absolute Gasteiger partial charge is 0.264 e. The molecule has 8 nitrogen and oxygen atoms in total. The zero-order chi connectivity index (χ0) is 27.9. The summed E-state index contributed by atoms with van der Waals surface area (Å²) in [5.74, 6) is -0.870. The summed E-state index contributed by atoms with van der Waals surface area (Å²) < 4.78 is 47.1. The van der Waals surface area contributed by atoms with Crippen molar-refractivity contribution in [2.24, 2.45) is 0 Å². The fourth-order valence-electron chi connectivity index (χ4n) is 3.99. The van der Waals surface area contributed by atoms with Gasteiger partial charge in [-0.2, -0.15) is 0 Å². The predicted molar refractivity (Wildman–Crippen MR) is 144 cm³/mol. The number of carbonyl (C=O) groups excluding carboxylic acids is 2. The summed E-state index contributed by atoms with van der Waals surface area (Å²) >= 11 is 0. The van der Waals surface area contributed by atoms with Gasteiger partial charge in [0.15, 0.2) is 0 Å². The summed E-state index contributed by atoms with van der Waals surface area (Å²) in [6, 6.07) is 17.3. The molecule has 0 saturated carbocycles. The fourth-order valence-corrected chi connectivity index (χ4v) is 5.40. The van der Waals surface area contributed by atoms with Gasteiger partial charge in [0.05, 0.1) is 17.7 Å². The molecule has 0 aliphatic rings. The van der Waals surface area contributed by atoms with Crippen molar-refractivity contribution < 1.29 is 27.1 Å². The van der Waals surface area contributed by atoms with E-state index in [0.717, 1.165) is 39.7 Å². The zero-order valence-electron chi connectivity index (χ0n) is 21.8. The van der Waals surface area contributed by atoms with E-state index in [1.54, 1.807) is 62.6 Å². The van der Waals surface area contributed by atoms with E-state index in [4.69, 9.17) is 4.74 Å². The molecule has 1 N–H and O–H groups in total. The number of likely N-dealkylation sites (N-methyl/N-ethyl adjacent to an activating group) is 1. The average Bonchev–Trinajstić information content (AvgIpc) is 2.92. The SMILES string of the molecule is CC[C@@H](C(=O)NC)N(Cc1ccc(OC)cc1)C(=O)CN(c1ccc(C)cc1)S(=O)(=O)c1ccc(F)cc1. The van der Waals surface area contributed by atoms with Crippen LogP contribution in [0.25, 0.3) is 0 Å². The van der Waals surface area contributed by atoms with Crippen LogP contribution in [-0.2, 0) is 26.2 Å². The number of hydrogen-bond acceptors (Lipinski definition) is 5. The van der Waals surface area contributed by atoms with Crippen LogP contribution in [0.5, 0.6) is 5.75 Å². The molecule has 2 amide bonds. The molecule has 202 valence electrons. The number of carbonyl (C=O) groups is 2. The molecule has 0 aliphatic heterocycles. The van der Waals surface area contributed by atoms with E-state index in [0.29, 0.717) is 12.2 Å². The van der Waals surface area contributed by atoms with Crippen molar-refractivity contribution in [1.29, 1.82) is 0 Å². The summed E-state index contributed by atoms with van der Waals surface area (Å²) in [5, 5.41) is 2.59. The molecular formula is C28H32FN3O5S. The average molecular weight is 542 g/mol. The van der Waals surface area contributed by atoms with Crippen LogP contribution in [0.2, 0.25) is 0 Å². The number of nitrogens with one attached hydrogen (secondary N) is 1. The number of rotatable bonds is 11. The highest BCUT2D eigenvalue weighted by atomic mass is 32.2. The van der Waals surface area contributed by atoms with Gasteiger partial charge in [-0.3, -0.25) is 13.9 Å². The van der Waals surface area contributed by atoms with Gasteiger partial charge in [-0.05, 0) is 67.4 Å². The van der Waals surface area contributed by atoms with Crippen LogP contribution in [-0.4, -0.2) is 51.9 Å². The Bertz CT molecular complexity index is 1340. The number of ether oxygens (including phenoxy) is 1. The van der Waals surface area contributed by atoms with Crippen molar-refractivity contribution in [2.75, 3.05) is 25.0 Å². The molecule has 0 saturated heterocycles. The third kappa shape index (κ3) is 6.69. The van der Waals surface area contributed by atoms with Gasteiger partial charge in [-0.1, -0.05) is 36.8 Å². The quantitative estimate of drug-likeness (QED) is 0.397. The normalized spacial score (nSPS) is 11.9. The van der Waals surface area contributed by atoms with Crippen LogP contribution in [0.15, 0.2) is 77.7 Å². The van der Waals surface area contributed by atoms with Gasteiger partial charge in [0.25, 0.3) is 10.0 Å². The lowest BCUT2D eigenvalue weighted by atomic mass is 10.1. The standard InChI is InChI=1S/C28H32FN3O5S/c1-5-26(28(34)30-3)31(18-21-8-14-24(37-4)15-9-21)27(33)19-32(23-12-6-20(2)7-13-23)38(35,36)25-16-10-22(29)11-17-25/h6-17,26H,5,18-19H2,1-4H3,(H,30,34)/t26-/m0/s1. The van der Waals surface area contributed by atoms with Crippen molar-refractivity contribution in [1.82, 2.24) is 10.2 Å². The van der Waals surface area contributed by atoms with Crippen LogP contribution >= 0.6 is 0 Å². The lowest BCUT2D eigenvalue weighted by molar-refractivity contribution is -0.140. The first-order valence-electron chi connectivity index (χ1n) is 12.1. The highest BCUT2D eigenvalue weighted by Crippen LogP contribution is 2.25. The molecule has 0 heterocycles. The van der Waals surface area contributed by atoms with Crippen LogP contribution in [0.1, 0.15) is 24.5 Å². The number of hydrogen-bond donors (Lipinski definition) is 1. The highest BCUT2D eigenvalue weighted by molar-refractivity contribution is 7.92. The van der Waals surface area contributed by atoms with Crippen molar-refractivity contribution in [3.63, 3.8) is 0 Å². The number of anilines is 1. The minimum absolute atomic E-state index is 0.0765. The Morgan fingerprint density at radius 3 is 2.11 bits per heavy atom. The molecule has 0 unspecified atom stereocenters. The monoisotopic (exact) mass is 541 g/mol. The lowest BCUT2D eigenvalue weighted by Crippen LogP contribution is -2.51. The maximum absolute atomic E-state index is 13.8. The number of amides is 2. The number of methoxy groups -OCH3 is 1. The molecule has 3 aromatic rings. The van der Waals surface area contributed by atoms with Crippen LogP contribution in [0, 0.1) is 12.7 Å². The molecule has 3 rings (SSSR count). The first-order chi connectivity index (χ1) is 18.1. The van der Waals surface area contributed by atoms with Crippen LogP contribution in [0.3, 0.4) is 0 Å². The summed E-state index contributed by atoms with van der Waals surface area (Å²) in [5.41, 5.74) is 1.92. The van der Waals surface area contributed by atoms with E-state index in [2.05, 4.69) is 5.32 Å². The molecule has 38 heavy (non-hydrogen) atoms. The summed E-state index contributed by atoms with van der Waals surface area (Å²) in [6.45, 7) is 3.15. The highest BCUT2D eigenvalue weighted by Gasteiger charge is 2.33. The van der Waals surface area contributed by atoms with Crippen LogP contribution in [0.4, 0.5) is 10.1 Å². The fraction of sp³-hybridized carbons (Fsp3) is 0.286. The Balaban J connectivity index is 2.03. The van der Waals surface area contributed by atoms with Crippen molar-refractivity contribution in [2.45, 2.75) is 37.8 Å². The molecular weight excluding hydrogens is 509 g/mol. The second-order valence-electron chi connectivity index (χ2n) is 8.71. The number of halogens is 1. The zero-order valence-corrected chi connectivity index (χ0v) is 22.7. The van der Waals surface area contributed by atoms with Crippen molar-refractivity contribution in [3.8, 4) is 5.75 Å². The van der Waals surface area contributed by atoms with Gasteiger partial charge in [-0.25, -0.2) is 12.8 Å². The minimum Gasteiger partial charge on any atom is -0.497 e.